The Kier molecular flexibility index (Phi) is 6.31. The number of hydrogen-bond donors (Lipinski definition) is 0. The van der Waals surface area contributed by atoms with Crippen LogP contribution in [0.1, 0.15) is 16.8 Å². The standard InChI is InChI=1S/C35H27OP/c36-37(33-15-3-1-4-16-33,34-17-5-2-6-18-34)35(32-23-22-29-12-8-10-14-31(29)26-32)24-20-27-19-21-28-11-7-9-13-30(28)25-27/h1-26,35H/b24-20+. The van der Waals surface area contributed by atoms with Gasteiger partial charge in [0.15, 0.2) is 7.14 Å². The van der Waals surface area contributed by atoms with Crippen LogP contribution in [0.25, 0.3) is 27.6 Å². The van der Waals surface area contributed by atoms with Crippen molar-refractivity contribution >= 4 is 45.4 Å². The van der Waals surface area contributed by atoms with E-state index in [1.165, 1.54) is 16.2 Å². The summed E-state index contributed by atoms with van der Waals surface area (Å²) >= 11 is 0. The van der Waals surface area contributed by atoms with E-state index in [1.54, 1.807) is 0 Å². The van der Waals surface area contributed by atoms with Crippen molar-refractivity contribution in [1.82, 2.24) is 0 Å². The van der Waals surface area contributed by atoms with Gasteiger partial charge in [-0.2, -0.15) is 0 Å². The fourth-order valence-corrected chi connectivity index (χ4v) is 8.20. The fraction of sp³-hybridized carbons (Fsp3) is 0.0286. The number of allylic oxidation sites excluding steroid dienone is 1. The first-order valence-electron chi connectivity index (χ1n) is 12.6. The van der Waals surface area contributed by atoms with E-state index < -0.39 is 7.14 Å². The summed E-state index contributed by atoms with van der Waals surface area (Å²) < 4.78 is 15.4. The average Bonchev–Trinajstić information content (AvgIpc) is 2.98. The van der Waals surface area contributed by atoms with Crippen LogP contribution >= 0.6 is 7.14 Å². The molecule has 6 rings (SSSR count). The van der Waals surface area contributed by atoms with E-state index in [4.69, 9.17) is 0 Å². The lowest BCUT2D eigenvalue weighted by atomic mass is 10.0. The van der Waals surface area contributed by atoms with E-state index >= 15 is 4.57 Å². The maximum Gasteiger partial charge on any atom is 0.153 e. The summed E-state index contributed by atoms with van der Waals surface area (Å²) in [5.41, 5.74) is 1.82. The molecule has 0 aromatic heterocycles. The van der Waals surface area contributed by atoms with E-state index in [1.807, 2.05) is 60.7 Å². The molecule has 0 fully saturated rings. The minimum atomic E-state index is -3.11. The molecule has 6 aromatic carbocycles. The molecule has 0 heterocycles. The van der Waals surface area contributed by atoms with Crippen LogP contribution in [-0.4, -0.2) is 0 Å². The Morgan fingerprint density at radius 2 is 0.973 bits per heavy atom. The van der Waals surface area contributed by atoms with E-state index in [-0.39, 0.29) is 5.66 Å². The zero-order valence-corrected chi connectivity index (χ0v) is 21.3. The zero-order valence-electron chi connectivity index (χ0n) is 20.4. The van der Waals surface area contributed by atoms with Crippen LogP contribution < -0.4 is 10.6 Å². The Morgan fingerprint density at radius 3 is 1.57 bits per heavy atom. The smallest absolute Gasteiger partial charge is 0.153 e. The summed E-state index contributed by atoms with van der Waals surface area (Å²) in [5.74, 6) is 0. The monoisotopic (exact) mass is 494 g/mol. The van der Waals surface area contributed by atoms with Gasteiger partial charge in [0.1, 0.15) is 0 Å². The molecule has 0 aliphatic heterocycles. The van der Waals surface area contributed by atoms with Crippen molar-refractivity contribution in [2.75, 3.05) is 0 Å². The van der Waals surface area contributed by atoms with E-state index in [2.05, 4.69) is 97.1 Å². The summed E-state index contributed by atoms with van der Waals surface area (Å²) in [4.78, 5) is 0. The summed E-state index contributed by atoms with van der Waals surface area (Å²) in [6.45, 7) is 0. The molecule has 1 unspecified atom stereocenters. The molecule has 0 aliphatic carbocycles. The normalized spacial score (nSPS) is 12.8. The van der Waals surface area contributed by atoms with Gasteiger partial charge in [-0.25, -0.2) is 0 Å². The molecule has 0 saturated heterocycles. The van der Waals surface area contributed by atoms with Gasteiger partial charge >= 0.3 is 0 Å². The van der Waals surface area contributed by atoms with Crippen molar-refractivity contribution in [2.45, 2.75) is 5.66 Å². The third-order valence-electron chi connectivity index (χ3n) is 7.03. The molecule has 0 amide bonds. The molecular weight excluding hydrogens is 467 g/mol. The lowest BCUT2D eigenvalue weighted by molar-refractivity contribution is 0.583. The van der Waals surface area contributed by atoms with Crippen LogP contribution in [-0.2, 0) is 4.57 Å². The van der Waals surface area contributed by atoms with Crippen molar-refractivity contribution in [3.8, 4) is 0 Å². The summed E-state index contributed by atoms with van der Waals surface area (Å²) in [6.07, 6.45) is 4.28. The zero-order chi connectivity index (χ0) is 25.1. The van der Waals surface area contributed by atoms with E-state index in [0.717, 1.165) is 27.1 Å². The van der Waals surface area contributed by atoms with Crippen LogP contribution in [0.3, 0.4) is 0 Å². The molecule has 0 N–H and O–H groups in total. The van der Waals surface area contributed by atoms with Crippen molar-refractivity contribution in [3.05, 3.63) is 163 Å². The van der Waals surface area contributed by atoms with Crippen LogP contribution in [0.5, 0.6) is 0 Å². The molecule has 0 spiro atoms. The molecular formula is C35H27OP. The van der Waals surface area contributed by atoms with E-state index in [9.17, 15) is 0 Å². The second kappa shape index (κ2) is 10.1. The molecule has 0 bridgehead atoms. The number of benzene rings is 6. The third-order valence-corrected chi connectivity index (χ3v) is 10.4. The predicted molar refractivity (Wildman–Crippen MR) is 159 cm³/mol. The van der Waals surface area contributed by atoms with Gasteiger partial charge in [-0.1, -0.05) is 152 Å². The maximum absolute atomic E-state index is 15.4. The molecule has 1 atom stereocenters. The van der Waals surface area contributed by atoms with Gasteiger partial charge < -0.3 is 4.57 Å². The third kappa shape index (κ3) is 4.55. The Morgan fingerprint density at radius 1 is 0.486 bits per heavy atom. The Hall–Kier alpha value is -4.19. The molecule has 178 valence electrons. The first kappa shape index (κ1) is 23.2. The average molecular weight is 495 g/mol. The van der Waals surface area contributed by atoms with Crippen molar-refractivity contribution in [2.24, 2.45) is 0 Å². The number of rotatable bonds is 6. The second-order valence-corrected chi connectivity index (χ2v) is 12.3. The molecule has 1 nitrogen and oxygen atoms in total. The van der Waals surface area contributed by atoms with Crippen LogP contribution in [0.2, 0.25) is 0 Å². The quantitative estimate of drug-likeness (QED) is 0.212. The van der Waals surface area contributed by atoms with Crippen LogP contribution in [0.4, 0.5) is 0 Å². The van der Waals surface area contributed by atoms with Gasteiger partial charge in [0.05, 0.1) is 5.66 Å². The number of fused-ring (bicyclic) bond motifs is 2. The lowest BCUT2D eigenvalue weighted by Crippen LogP contribution is -2.20. The molecule has 2 heteroatoms. The largest absolute Gasteiger partial charge is 0.313 e. The first-order chi connectivity index (χ1) is 18.2. The Balaban J connectivity index is 1.56. The van der Waals surface area contributed by atoms with Crippen LogP contribution in [0.15, 0.2) is 152 Å². The Labute approximate surface area is 218 Å². The summed E-state index contributed by atoms with van der Waals surface area (Å²) in [5, 5.41) is 6.46. The lowest BCUT2D eigenvalue weighted by Gasteiger charge is -2.27. The van der Waals surface area contributed by atoms with Gasteiger partial charge in [-0.15, -0.1) is 0 Å². The highest BCUT2D eigenvalue weighted by atomic mass is 31.2. The topological polar surface area (TPSA) is 17.1 Å². The molecule has 0 radical (unpaired) electrons. The summed E-state index contributed by atoms with van der Waals surface area (Å²) in [7, 11) is -3.11. The van der Waals surface area contributed by atoms with Gasteiger partial charge in [-0.05, 0) is 38.7 Å². The molecule has 37 heavy (non-hydrogen) atoms. The Bertz CT molecular complexity index is 1710. The summed E-state index contributed by atoms with van der Waals surface area (Å²) in [6, 6.07) is 49.6. The number of hydrogen-bond acceptors (Lipinski definition) is 1. The minimum Gasteiger partial charge on any atom is -0.313 e. The SMILES string of the molecule is O=P(c1ccccc1)(c1ccccc1)C(/C=C/c1ccc2ccccc2c1)c1ccc2ccccc2c1. The highest BCUT2D eigenvalue weighted by Gasteiger charge is 2.36. The van der Waals surface area contributed by atoms with Crippen molar-refractivity contribution in [1.29, 1.82) is 0 Å². The van der Waals surface area contributed by atoms with Gasteiger partial charge in [-0.3, -0.25) is 0 Å². The molecule has 6 aromatic rings. The van der Waals surface area contributed by atoms with Gasteiger partial charge in [0, 0.05) is 10.6 Å². The maximum atomic E-state index is 15.4. The highest BCUT2D eigenvalue weighted by molar-refractivity contribution is 7.79. The minimum absolute atomic E-state index is 0.326. The van der Waals surface area contributed by atoms with Crippen molar-refractivity contribution in [3.63, 3.8) is 0 Å². The van der Waals surface area contributed by atoms with Gasteiger partial charge in [0.25, 0.3) is 0 Å². The highest BCUT2D eigenvalue weighted by Crippen LogP contribution is 2.58. The van der Waals surface area contributed by atoms with E-state index in [0.29, 0.717) is 0 Å². The fourth-order valence-electron chi connectivity index (χ4n) is 5.12. The molecule has 0 saturated carbocycles. The predicted octanol–water partition coefficient (Wildman–Crippen LogP) is 8.76. The van der Waals surface area contributed by atoms with Gasteiger partial charge in [0.2, 0.25) is 0 Å². The molecule has 0 aliphatic rings. The first-order valence-corrected chi connectivity index (χ1v) is 14.4. The second-order valence-electron chi connectivity index (χ2n) is 9.35. The van der Waals surface area contributed by atoms with Crippen LogP contribution in [0, 0.1) is 0 Å². The van der Waals surface area contributed by atoms with Crippen molar-refractivity contribution < 1.29 is 4.57 Å².